The van der Waals surface area contributed by atoms with Crippen LogP contribution < -0.4 is 10.6 Å². The van der Waals surface area contributed by atoms with E-state index in [-0.39, 0.29) is 69.7 Å². The van der Waals surface area contributed by atoms with Crippen molar-refractivity contribution in [2.45, 2.75) is 145 Å². The summed E-state index contributed by atoms with van der Waals surface area (Å²) in [5, 5.41) is 16.1. The average molecular weight is 785 g/mol. The Balaban J connectivity index is 1.11. The maximum atomic E-state index is 14.1. The van der Waals surface area contributed by atoms with Gasteiger partial charge in [-0.05, 0) is 126 Å². The number of ketones is 1. The predicted molar refractivity (Wildman–Crippen MR) is 219 cm³/mol. The minimum Gasteiger partial charge on any atom is -0.481 e. The first-order valence-electron chi connectivity index (χ1n) is 21.9. The van der Waals surface area contributed by atoms with Gasteiger partial charge in [-0.1, -0.05) is 87.4 Å². The third-order valence-corrected chi connectivity index (χ3v) is 17.9. The number of nitrogens with one attached hydrogen (secondary N) is 2. The van der Waals surface area contributed by atoms with Crippen molar-refractivity contribution in [3.63, 3.8) is 0 Å². The van der Waals surface area contributed by atoms with E-state index in [1.807, 2.05) is 39.0 Å². The maximum absolute atomic E-state index is 14.1. The molecule has 2 amide bonds. The standard InChI is InChI=1S/C48H68N2O7/c1-27(2)37-33(51)25-48(50-39(52)28(3)26-49-40(53)29-14-12-11-13-15-29)23-22-46(9)30(38(37)48)16-17-35-45(8)20-19-36(44(6,7)34(45)18-21-47(35,46)10)57-42(56)32-24-31(41(54)55)43(32,4)5/h11-15,27-28,30-32,34-36H,16-26H2,1-10H3,(H,49,53)(H,50,52)(H,54,55)/t28?,30-,31+,32-,34+,35-,36+,45+,46-,47-,48-/m1/s1. The highest BCUT2D eigenvalue weighted by atomic mass is 16.5. The smallest absolute Gasteiger partial charge is 0.309 e. The fourth-order valence-corrected chi connectivity index (χ4v) is 14.3. The minimum atomic E-state index is -0.841. The molecule has 1 aromatic carbocycles. The monoisotopic (exact) mass is 785 g/mol. The van der Waals surface area contributed by atoms with Crippen LogP contribution in [-0.4, -0.2) is 52.8 Å². The number of carboxylic acid groups (broad SMARTS) is 1. The lowest BCUT2D eigenvalue weighted by molar-refractivity contribution is -0.235. The number of amides is 2. The number of esters is 1. The molecular weight excluding hydrogens is 717 g/mol. The van der Waals surface area contributed by atoms with Crippen molar-refractivity contribution in [1.29, 1.82) is 0 Å². The van der Waals surface area contributed by atoms with E-state index in [1.54, 1.807) is 12.1 Å². The summed E-state index contributed by atoms with van der Waals surface area (Å²) in [6, 6.07) is 9.02. The van der Waals surface area contributed by atoms with E-state index in [2.05, 4.69) is 59.1 Å². The number of carbonyl (C=O) groups is 5. The van der Waals surface area contributed by atoms with Crippen LogP contribution in [0.2, 0.25) is 0 Å². The Kier molecular flexibility index (Phi) is 10.3. The van der Waals surface area contributed by atoms with Gasteiger partial charge in [-0.15, -0.1) is 0 Å². The molecule has 9 nitrogen and oxygen atoms in total. The van der Waals surface area contributed by atoms with Crippen LogP contribution in [0.15, 0.2) is 41.5 Å². The number of rotatable bonds is 9. The van der Waals surface area contributed by atoms with E-state index >= 15 is 0 Å². The molecule has 0 aliphatic heterocycles. The number of Topliss-reactive ketones (excluding diaryl/α,β-unsaturated/α-hetero) is 1. The SMILES string of the molecule is CC(C)C1=C2[C@H]3CC[C@@H]4[C@@]5(C)CC[C@H](OC(=O)[C@H]6C[C@@H](C(=O)O)C6(C)C)C(C)(C)[C@@H]5CC[C@@]4(C)[C@]3(C)CC[C@@]2(NC(=O)C(C)CNC(=O)c2ccccc2)CC1=O. The topological polar surface area (TPSA) is 139 Å². The number of carboxylic acids is 1. The molecule has 7 rings (SSSR count). The molecule has 3 N–H and O–H groups in total. The molecule has 6 aliphatic carbocycles. The van der Waals surface area contributed by atoms with Crippen LogP contribution in [0.3, 0.4) is 0 Å². The molecular formula is C48H68N2O7. The number of benzene rings is 1. The van der Waals surface area contributed by atoms with Gasteiger partial charge in [0, 0.05) is 23.9 Å². The maximum Gasteiger partial charge on any atom is 0.309 e. The molecule has 9 heteroatoms. The van der Waals surface area contributed by atoms with Crippen LogP contribution >= 0.6 is 0 Å². The van der Waals surface area contributed by atoms with Crippen LogP contribution in [0.4, 0.5) is 0 Å². The highest BCUT2D eigenvalue weighted by molar-refractivity contribution is 6.02. The van der Waals surface area contributed by atoms with Gasteiger partial charge in [0.25, 0.3) is 5.91 Å². The lowest BCUT2D eigenvalue weighted by Gasteiger charge is -2.72. The van der Waals surface area contributed by atoms with Crippen LogP contribution in [0.25, 0.3) is 0 Å². The second-order valence-corrected chi connectivity index (χ2v) is 21.5. The predicted octanol–water partition coefficient (Wildman–Crippen LogP) is 8.56. The third-order valence-electron chi connectivity index (χ3n) is 17.9. The minimum absolute atomic E-state index is 0.00840. The van der Waals surface area contributed by atoms with Gasteiger partial charge in [0.15, 0.2) is 5.78 Å². The summed E-state index contributed by atoms with van der Waals surface area (Å²) >= 11 is 0. The number of fused-ring (bicyclic) bond motifs is 7. The van der Waals surface area contributed by atoms with E-state index in [0.29, 0.717) is 30.2 Å². The largest absolute Gasteiger partial charge is 0.481 e. The van der Waals surface area contributed by atoms with Gasteiger partial charge in [-0.3, -0.25) is 24.0 Å². The number of ether oxygens (including phenoxy) is 1. The van der Waals surface area contributed by atoms with Gasteiger partial charge < -0.3 is 20.5 Å². The van der Waals surface area contributed by atoms with E-state index in [1.165, 1.54) is 5.57 Å². The molecule has 0 bridgehead atoms. The molecule has 5 saturated carbocycles. The summed E-state index contributed by atoms with van der Waals surface area (Å²) in [6.07, 6.45) is 7.96. The highest BCUT2D eigenvalue weighted by Crippen LogP contribution is 2.76. The summed E-state index contributed by atoms with van der Waals surface area (Å²) in [4.78, 5) is 66.3. The summed E-state index contributed by atoms with van der Waals surface area (Å²) in [7, 11) is 0. The first-order chi connectivity index (χ1) is 26.5. The first-order valence-corrected chi connectivity index (χ1v) is 21.9. The van der Waals surface area contributed by atoms with Crippen molar-refractivity contribution in [2.75, 3.05) is 6.54 Å². The van der Waals surface area contributed by atoms with Gasteiger partial charge >= 0.3 is 11.9 Å². The molecule has 1 aromatic rings. The Morgan fingerprint density at radius 1 is 0.807 bits per heavy atom. The zero-order chi connectivity index (χ0) is 41.7. The number of hydrogen-bond donors (Lipinski definition) is 3. The highest BCUT2D eigenvalue weighted by Gasteiger charge is 2.70. The Morgan fingerprint density at radius 3 is 2.12 bits per heavy atom. The third kappa shape index (κ3) is 6.24. The molecule has 0 heterocycles. The molecule has 5 fully saturated rings. The Morgan fingerprint density at radius 2 is 1.49 bits per heavy atom. The zero-order valence-corrected chi connectivity index (χ0v) is 36.2. The molecule has 57 heavy (non-hydrogen) atoms. The van der Waals surface area contributed by atoms with Crippen LogP contribution in [0, 0.1) is 68.5 Å². The Hall–Kier alpha value is -3.49. The van der Waals surface area contributed by atoms with Crippen molar-refractivity contribution >= 4 is 29.5 Å². The lowest BCUT2D eigenvalue weighted by Crippen LogP contribution is -2.67. The Labute approximate surface area is 340 Å². The number of hydrogen-bond acceptors (Lipinski definition) is 6. The number of carbonyl (C=O) groups excluding carboxylic acids is 4. The van der Waals surface area contributed by atoms with Crippen molar-refractivity contribution in [1.82, 2.24) is 10.6 Å². The van der Waals surface area contributed by atoms with Gasteiger partial charge in [0.05, 0.1) is 23.3 Å². The second kappa shape index (κ2) is 14.1. The van der Waals surface area contributed by atoms with E-state index in [4.69, 9.17) is 4.74 Å². The van der Waals surface area contributed by atoms with Crippen LogP contribution in [0.5, 0.6) is 0 Å². The number of allylic oxidation sites excluding steroid dienone is 1. The van der Waals surface area contributed by atoms with Crippen molar-refractivity contribution < 1.29 is 33.8 Å². The summed E-state index contributed by atoms with van der Waals surface area (Å²) in [5.41, 5.74) is 1.08. The molecule has 1 unspecified atom stereocenters. The number of aliphatic carboxylic acids is 1. The van der Waals surface area contributed by atoms with E-state index < -0.39 is 34.7 Å². The molecule has 11 atom stereocenters. The molecule has 0 aromatic heterocycles. The fourth-order valence-electron chi connectivity index (χ4n) is 14.3. The Bertz CT molecular complexity index is 1870. The van der Waals surface area contributed by atoms with Gasteiger partial charge in [-0.2, -0.15) is 0 Å². The first kappa shape index (κ1) is 41.7. The molecule has 312 valence electrons. The van der Waals surface area contributed by atoms with Crippen molar-refractivity contribution in [3.05, 3.63) is 47.0 Å². The van der Waals surface area contributed by atoms with Crippen LogP contribution in [-0.2, 0) is 23.9 Å². The second-order valence-electron chi connectivity index (χ2n) is 21.5. The summed E-state index contributed by atoms with van der Waals surface area (Å²) in [5.74, 6) is -1.60. The molecule has 0 radical (unpaired) electrons. The summed E-state index contributed by atoms with van der Waals surface area (Å²) < 4.78 is 6.41. The van der Waals surface area contributed by atoms with Crippen LogP contribution in [0.1, 0.15) is 144 Å². The van der Waals surface area contributed by atoms with E-state index in [9.17, 15) is 29.1 Å². The fraction of sp³-hybridized carbons (Fsp3) is 0.729. The zero-order valence-electron chi connectivity index (χ0n) is 36.2. The normalized spacial score (nSPS) is 39.4. The van der Waals surface area contributed by atoms with Crippen molar-refractivity contribution in [3.8, 4) is 0 Å². The summed E-state index contributed by atoms with van der Waals surface area (Å²) in [6.45, 7) is 22.2. The lowest BCUT2D eigenvalue weighted by atomic mass is 9.33. The average Bonchev–Trinajstić information content (AvgIpc) is 3.43. The van der Waals surface area contributed by atoms with Crippen molar-refractivity contribution in [2.24, 2.45) is 68.5 Å². The van der Waals surface area contributed by atoms with E-state index in [0.717, 1.165) is 56.9 Å². The van der Waals surface area contributed by atoms with Gasteiger partial charge in [0.2, 0.25) is 5.91 Å². The molecule has 0 spiro atoms. The quantitative estimate of drug-likeness (QED) is 0.213. The van der Waals surface area contributed by atoms with Gasteiger partial charge in [-0.25, -0.2) is 0 Å². The van der Waals surface area contributed by atoms with Gasteiger partial charge in [0.1, 0.15) is 6.10 Å². The molecule has 6 aliphatic rings. The molecule has 0 saturated heterocycles.